The normalized spacial score (nSPS) is 13.1. The number of aromatic nitrogens is 4. The second-order valence-corrected chi connectivity index (χ2v) is 24.6. The quantitative estimate of drug-likeness (QED) is 0.169. The van der Waals surface area contributed by atoms with Crippen LogP contribution in [0.25, 0.3) is 161 Å². The Morgan fingerprint density at radius 3 is 1.01 bits per heavy atom. The van der Waals surface area contributed by atoms with Gasteiger partial charge in [-0.3, -0.25) is 0 Å². The van der Waals surface area contributed by atoms with Crippen LogP contribution in [0.2, 0.25) is 0 Å². The molecule has 17 rings (SSSR count). The molecule has 0 unspecified atom stereocenters. The van der Waals surface area contributed by atoms with E-state index in [4.69, 9.17) is 0 Å². The minimum Gasteiger partial charge on any atom is -0.354 e. The number of benzene rings is 11. The molecule has 0 saturated carbocycles. The summed E-state index contributed by atoms with van der Waals surface area (Å²) in [7, 11) is 0. The van der Waals surface area contributed by atoms with Gasteiger partial charge in [-0.25, -0.2) is 0 Å². The Labute approximate surface area is 505 Å². The summed E-state index contributed by atoms with van der Waals surface area (Å²) in [4.78, 5) is 6.99. The highest BCUT2D eigenvalue weighted by Gasteiger charge is 2.38. The van der Waals surface area contributed by atoms with Crippen LogP contribution < -0.4 is 0 Å². The fourth-order valence-corrected chi connectivity index (χ4v) is 16.0. The van der Waals surface area contributed by atoms with Crippen LogP contribution in [-0.2, 0) is 24.7 Å². The molecular formula is C71H33F12N5S2. The van der Waals surface area contributed by atoms with Crippen molar-refractivity contribution in [1.29, 1.82) is 5.26 Å². The number of alkyl halides is 12. The largest absolute Gasteiger partial charge is 0.416 e. The van der Waals surface area contributed by atoms with E-state index in [9.17, 15) is 5.26 Å². The number of fused-ring (bicyclic) bond motifs is 18. The molecule has 2 N–H and O–H groups in total. The lowest BCUT2D eigenvalue weighted by atomic mass is 9.88. The predicted octanol–water partition coefficient (Wildman–Crippen LogP) is 23.2. The zero-order valence-corrected chi connectivity index (χ0v) is 47.2. The van der Waals surface area contributed by atoms with Gasteiger partial charge >= 0.3 is 24.7 Å². The van der Waals surface area contributed by atoms with Crippen LogP contribution in [0, 0.1) is 11.3 Å². The Kier molecular flexibility index (Phi) is 11.0. The minimum atomic E-state index is -5.03. The Hall–Kier alpha value is -10.3. The average molecular weight is 1250 g/mol. The van der Waals surface area contributed by atoms with Gasteiger partial charge in [0.25, 0.3) is 0 Å². The van der Waals surface area contributed by atoms with Crippen LogP contribution >= 0.6 is 22.7 Å². The molecule has 438 valence electrons. The Morgan fingerprint density at radius 1 is 0.311 bits per heavy atom. The van der Waals surface area contributed by atoms with E-state index in [0.717, 1.165) is 135 Å². The Morgan fingerprint density at radius 2 is 0.667 bits per heavy atom. The number of hydrogen-bond acceptors (Lipinski definition) is 3. The molecule has 90 heavy (non-hydrogen) atoms. The van der Waals surface area contributed by atoms with Crippen LogP contribution in [-0.4, -0.2) is 19.1 Å². The van der Waals surface area contributed by atoms with Crippen LogP contribution in [0.4, 0.5) is 52.7 Å². The van der Waals surface area contributed by atoms with Gasteiger partial charge in [0, 0.05) is 117 Å². The summed E-state index contributed by atoms with van der Waals surface area (Å²) in [6.45, 7) is 0. The number of rotatable bonds is 4. The number of halogens is 12. The highest BCUT2D eigenvalue weighted by molar-refractivity contribution is 7.26. The van der Waals surface area contributed by atoms with Crippen LogP contribution in [0.5, 0.6) is 0 Å². The van der Waals surface area contributed by atoms with Gasteiger partial charge in [0.05, 0.1) is 55.7 Å². The van der Waals surface area contributed by atoms with Gasteiger partial charge in [-0.1, -0.05) is 84.9 Å². The standard InChI is InChI=1S/C71H33F12N5S2/c72-68(73,74)33-15-19-39-40-20-16-34(69(75,76)77)24-57(40)87(56(39)23-33)66-47(43-9-5-13-60-64(43)49-28-54-45(30-62(49)89-60)37-7-1-3-11-52(37)85-54)27-48(44-10-6-14-61-65(44)50-29-55-46(31-63(50)90-61)38-8-2-4-12-53(38)86-55)67(51(66)32-84)88-58-25-35(70(78,79)80)17-21-41(58)42-22-18-36(26-59(42)88)71(81,82)83/h1-31,85-86H. The van der Waals surface area contributed by atoms with E-state index in [1.165, 1.54) is 22.7 Å². The number of hydrogen-bond donors (Lipinski definition) is 2. The molecular weight excluding hydrogens is 1210 g/mol. The molecule has 19 heteroatoms. The first-order valence-corrected chi connectivity index (χ1v) is 29.5. The van der Waals surface area contributed by atoms with E-state index >= 15 is 52.7 Å². The smallest absolute Gasteiger partial charge is 0.354 e. The molecule has 6 heterocycles. The lowest BCUT2D eigenvalue weighted by Gasteiger charge is -2.25. The molecule has 0 aliphatic rings. The van der Waals surface area contributed by atoms with Gasteiger partial charge in [0.15, 0.2) is 0 Å². The first-order chi connectivity index (χ1) is 43.1. The number of nitrogens with zero attached hydrogens (tertiary/aromatic N) is 3. The lowest BCUT2D eigenvalue weighted by Crippen LogP contribution is -2.11. The van der Waals surface area contributed by atoms with Crippen molar-refractivity contribution in [3.63, 3.8) is 0 Å². The number of thiophene rings is 2. The molecule has 0 bridgehead atoms. The van der Waals surface area contributed by atoms with Crippen molar-refractivity contribution in [3.8, 4) is 39.7 Å². The highest BCUT2D eigenvalue weighted by Crippen LogP contribution is 2.53. The van der Waals surface area contributed by atoms with Gasteiger partial charge in [0.1, 0.15) is 11.6 Å². The third kappa shape index (κ3) is 7.83. The van der Waals surface area contributed by atoms with E-state index in [1.54, 1.807) is 30.3 Å². The van der Waals surface area contributed by atoms with Crippen LogP contribution in [0.1, 0.15) is 27.8 Å². The maximum absolute atomic E-state index is 15.3. The number of H-pyrrole nitrogens is 2. The van der Waals surface area contributed by atoms with Crippen LogP contribution in [0.3, 0.4) is 0 Å². The molecule has 0 spiro atoms. The fourth-order valence-electron chi connectivity index (χ4n) is 13.7. The molecule has 11 aromatic carbocycles. The van der Waals surface area contributed by atoms with Crippen molar-refractivity contribution in [2.45, 2.75) is 24.7 Å². The first-order valence-electron chi connectivity index (χ1n) is 27.9. The SMILES string of the molecule is N#Cc1c(-n2c3cc(C(F)(F)F)ccc3c3ccc(C(F)(F)F)cc32)c(-c2cccc3sc4cc5c(cc4c23)[nH]c2ccccc25)cc(-c2cccc3sc4cc5c(cc4c23)[nH]c2ccccc25)c1-n1c2cc(C(F)(F)F)ccc2c2ccc(C(F)(F)F)cc21. The number of aromatic amines is 2. The lowest BCUT2D eigenvalue weighted by molar-refractivity contribution is -0.138. The van der Waals surface area contributed by atoms with Gasteiger partial charge in [-0.05, 0) is 114 Å². The van der Waals surface area contributed by atoms with E-state index in [0.29, 0.717) is 42.1 Å². The summed E-state index contributed by atoms with van der Waals surface area (Å²) in [6.07, 6.45) is -20.1. The molecule has 6 aromatic heterocycles. The molecule has 0 atom stereocenters. The van der Waals surface area contributed by atoms with Gasteiger partial charge in [-0.15, -0.1) is 22.7 Å². The summed E-state index contributed by atoms with van der Waals surface area (Å²) < 4.78 is 189. The van der Waals surface area contributed by atoms with Crippen molar-refractivity contribution in [2.75, 3.05) is 0 Å². The van der Waals surface area contributed by atoms with Crippen molar-refractivity contribution >= 4 is 150 Å². The molecule has 0 aliphatic heterocycles. The fraction of sp³-hybridized carbons (Fsp3) is 0.0563. The Bertz CT molecular complexity index is 5570. The van der Waals surface area contributed by atoms with E-state index < -0.39 is 52.5 Å². The summed E-state index contributed by atoms with van der Waals surface area (Å²) >= 11 is 2.84. The maximum Gasteiger partial charge on any atom is 0.416 e. The summed E-state index contributed by atoms with van der Waals surface area (Å²) in [5.74, 6) is 0. The highest BCUT2D eigenvalue weighted by atomic mass is 32.1. The van der Waals surface area contributed by atoms with Gasteiger partial charge in [-0.2, -0.15) is 57.9 Å². The molecule has 5 nitrogen and oxygen atoms in total. The predicted molar refractivity (Wildman–Crippen MR) is 335 cm³/mol. The minimum absolute atomic E-state index is 0.0342. The molecule has 0 radical (unpaired) electrons. The molecule has 0 aliphatic carbocycles. The molecule has 0 fully saturated rings. The molecule has 0 saturated heterocycles. The zero-order valence-electron chi connectivity index (χ0n) is 45.6. The maximum atomic E-state index is 15.3. The first kappa shape index (κ1) is 53.9. The summed E-state index contributed by atoms with van der Waals surface area (Å²) in [6, 6.07) is 48.7. The molecule has 17 aromatic rings. The second-order valence-electron chi connectivity index (χ2n) is 22.4. The number of nitriles is 1. The molecule has 0 amide bonds. The Balaban J connectivity index is 1.13. The van der Waals surface area contributed by atoms with Crippen LogP contribution in [0.15, 0.2) is 188 Å². The summed E-state index contributed by atoms with van der Waals surface area (Å²) in [5, 5.41) is 18.8. The van der Waals surface area contributed by atoms with Crippen molar-refractivity contribution in [2.24, 2.45) is 0 Å². The van der Waals surface area contributed by atoms with Crippen molar-refractivity contribution < 1.29 is 52.7 Å². The van der Waals surface area contributed by atoms with E-state index in [1.807, 2.05) is 84.9 Å². The third-order valence-corrected chi connectivity index (χ3v) is 19.7. The third-order valence-electron chi connectivity index (χ3n) is 17.5. The second kappa shape index (κ2) is 18.4. The van der Waals surface area contributed by atoms with Crippen molar-refractivity contribution in [3.05, 3.63) is 216 Å². The monoisotopic (exact) mass is 1250 g/mol. The topological polar surface area (TPSA) is 65.2 Å². The van der Waals surface area contributed by atoms with Gasteiger partial charge in [0.2, 0.25) is 0 Å². The number of nitrogens with one attached hydrogen (secondary N) is 2. The van der Waals surface area contributed by atoms with E-state index in [2.05, 4.69) is 16.0 Å². The zero-order chi connectivity index (χ0) is 61.8. The van der Waals surface area contributed by atoms with Gasteiger partial charge < -0.3 is 19.1 Å². The summed E-state index contributed by atoms with van der Waals surface area (Å²) in [5.41, 5.74) is -3.26. The van der Waals surface area contributed by atoms with E-state index in [-0.39, 0.29) is 66.1 Å². The number of para-hydroxylation sites is 2. The van der Waals surface area contributed by atoms with Crippen molar-refractivity contribution in [1.82, 2.24) is 19.1 Å². The average Bonchev–Trinajstić information content (AvgIpc) is 1.45.